The topological polar surface area (TPSA) is 88.8 Å². The van der Waals surface area contributed by atoms with Gasteiger partial charge in [0.2, 0.25) is 5.91 Å². The number of carbonyl (C=O) groups is 1. The summed E-state index contributed by atoms with van der Waals surface area (Å²) < 4.78 is 11.5. The van der Waals surface area contributed by atoms with E-state index < -0.39 is 11.7 Å². The fourth-order valence-corrected chi connectivity index (χ4v) is 4.42. The molecule has 4 rings (SSSR count). The molecule has 1 saturated carbocycles. The summed E-state index contributed by atoms with van der Waals surface area (Å²) in [5, 5.41) is 12.2. The molecular formula is C22H27NO5. The largest absolute Gasteiger partial charge is 0.492 e. The molecule has 1 aromatic rings. The van der Waals surface area contributed by atoms with Crippen molar-refractivity contribution in [1.82, 2.24) is 5.32 Å². The number of fused-ring (bicyclic) bond motifs is 3. The van der Waals surface area contributed by atoms with Crippen LogP contribution in [0.15, 0.2) is 33.2 Å². The second kappa shape index (κ2) is 7.95. The molecule has 1 fully saturated rings. The highest BCUT2D eigenvalue weighted by atomic mass is 16.5. The van der Waals surface area contributed by atoms with Crippen LogP contribution in [0.25, 0.3) is 6.08 Å². The molecule has 1 aromatic heterocycles. The summed E-state index contributed by atoms with van der Waals surface area (Å²) in [6, 6.07) is 1.75. The van der Waals surface area contributed by atoms with Crippen LogP contribution in [0.3, 0.4) is 0 Å². The van der Waals surface area contributed by atoms with Gasteiger partial charge in [-0.1, -0.05) is 25.8 Å². The summed E-state index contributed by atoms with van der Waals surface area (Å²) >= 11 is 0. The second-order valence-electron chi connectivity index (χ2n) is 7.96. The van der Waals surface area contributed by atoms with Crippen LogP contribution in [-0.4, -0.2) is 23.7 Å². The second-order valence-corrected chi connectivity index (χ2v) is 7.96. The first-order chi connectivity index (χ1) is 13.6. The summed E-state index contributed by atoms with van der Waals surface area (Å²) in [5.41, 5.74) is 1.97. The number of aliphatic hydroxyl groups is 1. The molecule has 1 amide bonds. The first kappa shape index (κ1) is 19.0. The lowest BCUT2D eigenvalue weighted by molar-refractivity contribution is -0.120. The predicted octanol–water partition coefficient (Wildman–Crippen LogP) is 2.86. The van der Waals surface area contributed by atoms with Crippen molar-refractivity contribution in [1.29, 1.82) is 0 Å². The first-order valence-electron chi connectivity index (χ1n) is 10.2. The van der Waals surface area contributed by atoms with Gasteiger partial charge in [0, 0.05) is 23.6 Å². The van der Waals surface area contributed by atoms with E-state index in [1.807, 2.05) is 19.3 Å². The maximum atomic E-state index is 12.3. The van der Waals surface area contributed by atoms with Crippen LogP contribution in [0.2, 0.25) is 0 Å². The molecule has 2 N–H and O–H groups in total. The van der Waals surface area contributed by atoms with Crippen molar-refractivity contribution in [2.75, 3.05) is 6.54 Å². The Kier molecular flexibility index (Phi) is 5.40. The summed E-state index contributed by atoms with van der Waals surface area (Å²) in [4.78, 5) is 24.5. The number of nitrogens with one attached hydrogen (secondary N) is 1. The van der Waals surface area contributed by atoms with Crippen LogP contribution in [0.5, 0.6) is 0 Å². The fraction of sp³-hybridized carbons (Fsp3) is 0.545. The third kappa shape index (κ3) is 3.65. The Balaban J connectivity index is 1.51. The Morgan fingerprint density at radius 1 is 1.36 bits per heavy atom. The molecule has 150 valence electrons. The molecule has 2 aliphatic carbocycles. The summed E-state index contributed by atoms with van der Waals surface area (Å²) in [6.07, 6.45) is 10.5. The van der Waals surface area contributed by atoms with Gasteiger partial charge in [-0.2, -0.15) is 0 Å². The van der Waals surface area contributed by atoms with E-state index in [0.717, 1.165) is 5.56 Å². The van der Waals surface area contributed by atoms with Gasteiger partial charge >= 0.3 is 5.63 Å². The zero-order chi connectivity index (χ0) is 19.7. The minimum atomic E-state index is -0.582. The van der Waals surface area contributed by atoms with Gasteiger partial charge in [0.05, 0.1) is 18.8 Å². The van der Waals surface area contributed by atoms with E-state index in [2.05, 4.69) is 11.4 Å². The zero-order valence-corrected chi connectivity index (χ0v) is 16.1. The standard InChI is InChI=1S/C22H27NO5/c1-2-15(24)11-23-20(25)10-14-9-17-19(28-22(14)26)8-7-16-18(12-27-21(16)17)13-5-3-4-6-13/h7-9,12-13,15-16,21,24H,2-6,10-11H2,1H3,(H,23,25). The molecule has 6 heteroatoms. The van der Waals surface area contributed by atoms with Crippen molar-refractivity contribution >= 4 is 12.0 Å². The molecular weight excluding hydrogens is 358 g/mol. The van der Waals surface area contributed by atoms with Crippen molar-refractivity contribution in [3.05, 3.63) is 51.3 Å². The molecule has 6 nitrogen and oxygen atoms in total. The molecule has 0 spiro atoms. The minimum Gasteiger partial charge on any atom is -0.492 e. The number of aliphatic hydroxyl groups excluding tert-OH is 1. The average molecular weight is 385 g/mol. The number of ether oxygens (including phenoxy) is 1. The Labute approximate surface area is 164 Å². The van der Waals surface area contributed by atoms with Crippen LogP contribution < -0.4 is 10.9 Å². The van der Waals surface area contributed by atoms with Crippen LogP contribution in [0.4, 0.5) is 0 Å². The van der Waals surface area contributed by atoms with Crippen LogP contribution in [0, 0.1) is 11.8 Å². The highest BCUT2D eigenvalue weighted by molar-refractivity contribution is 5.78. The van der Waals surface area contributed by atoms with Gasteiger partial charge in [0.25, 0.3) is 0 Å². The van der Waals surface area contributed by atoms with E-state index in [0.29, 0.717) is 23.7 Å². The number of rotatable bonds is 6. The van der Waals surface area contributed by atoms with Gasteiger partial charge in [0.1, 0.15) is 11.9 Å². The predicted molar refractivity (Wildman–Crippen MR) is 104 cm³/mol. The monoisotopic (exact) mass is 385 g/mol. The Morgan fingerprint density at radius 3 is 2.89 bits per heavy atom. The van der Waals surface area contributed by atoms with E-state index in [4.69, 9.17) is 9.15 Å². The van der Waals surface area contributed by atoms with Gasteiger partial charge in [-0.3, -0.25) is 4.79 Å². The highest BCUT2D eigenvalue weighted by Gasteiger charge is 2.39. The lowest BCUT2D eigenvalue weighted by atomic mass is 9.80. The SMILES string of the molecule is CCC(O)CNC(=O)Cc1cc2c(oc1=O)C=CC1C(C3CCCC3)=COC21. The van der Waals surface area contributed by atoms with Gasteiger partial charge in [-0.15, -0.1) is 0 Å². The van der Waals surface area contributed by atoms with Crippen molar-refractivity contribution in [2.45, 2.75) is 57.7 Å². The maximum Gasteiger partial charge on any atom is 0.339 e. The Bertz CT molecular complexity index is 862. The number of hydrogen-bond donors (Lipinski definition) is 2. The molecule has 3 unspecified atom stereocenters. The normalized spacial score (nSPS) is 24.3. The fourth-order valence-electron chi connectivity index (χ4n) is 4.42. The highest BCUT2D eigenvalue weighted by Crippen LogP contribution is 2.48. The van der Waals surface area contributed by atoms with E-state index in [9.17, 15) is 14.7 Å². The molecule has 3 atom stereocenters. The van der Waals surface area contributed by atoms with Crippen molar-refractivity contribution in [3.8, 4) is 0 Å². The molecule has 0 bridgehead atoms. The third-order valence-corrected chi connectivity index (χ3v) is 6.09. The van der Waals surface area contributed by atoms with Crippen LogP contribution >= 0.6 is 0 Å². The lowest BCUT2D eigenvalue weighted by Crippen LogP contribution is -2.33. The first-order valence-corrected chi connectivity index (χ1v) is 10.2. The third-order valence-electron chi connectivity index (χ3n) is 6.09. The van der Waals surface area contributed by atoms with E-state index in [-0.39, 0.29) is 30.9 Å². The number of carbonyl (C=O) groups excluding carboxylic acids is 1. The van der Waals surface area contributed by atoms with E-state index in [1.165, 1.54) is 31.3 Å². The van der Waals surface area contributed by atoms with Crippen molar-refractivity contribution < 1.29 is 19.1 Å². The maximum absolute atomic E-state index is 12.3. The average Bonchev–Trinajstić information content (AvgIpc) is 3.36. The van der Waals surface area contributed by atoms with Crippen molar-refractivity contribution in [3.63, 3.8) is 0 Å². The minimum absolute atomic E-state index is 0.0734. The summed E-state index contributed by atoms with van der Waals surface area (Å²) in [7, 11) is 0. The smallest absolute Gasteiger partial charge is 0.339 e. The van der Waals surface area contributed by atoms with Crippen molar-refractivity contribution in [2.24, 2.45) is 11.8 Å². The molecule has 0 radical (unpaired) electrons. The quantitative estimate of drug-likeness (QED) is 0.786. The lowest BCUT2D eigenvalue weighted by Gasteiger charge is -2.25. The molecule has 3 aliphatic rings. The molecule has 0 aromatic carbocycles. The van der Waals surface area contributed by atoms with E-state index in [1.54, 1.807) is 6.07 Å². The van der Waals surface area contributed by atoms with Gasteiger partial charge in [-0.25, -0.2) is 4.79 Å². The summed E-state index contributed by atoms with van der Waals surface area (Å²) in [6.45, 7) is 2.02. The number of hydrogen-bond acceptors (Lipinski definition) is 5. The van der Waals surface area contributed by atoms with Gasteiger partial charge in [-0.05, 0) is 42.9 Å². The van der Waals surface area contributed by atoms with E-state index >= 15 is 0 Å². The molecule has 0 saturated heterocycles. The van der Waals surface area contributed by atoms with Gasteiger partial charge in [0.15, 0.2) is 0 Å². The van der Waals surface area contributed by atoms with Crippen LogP contribution in [0.1, 0.15) is 62.0 Å². The molecule has 28 heavy (non-hydrogen) atoms. The summed E-state index contributed by atoms with van der Waals surface area (Å²) in [5.74, 6) is 0.953. The zero-order valence-electron chi connectivity index (χ0n) is 16.1. The number of amides is 1. The molecule has 2 heterocycles. The Morgan fingerprint density at radius 2 is 2.14 bits per heavy atom. The van der Waals surface area contributed by atoms with Gasteiger partial charge < -0.3 is 19.6 Å². The van der Waals surface area contributed by atoms with Crippen LogP contribution in [-0.2, 0) is 16.0 Å². The molecule has 1 aliphatic heterocycles. The Hall–Kier alpha value is -2.34.